The van der Waals surface area contributed by atoms with Crippen LogP contribution in [0.3, 0.4) is 0 Å². The number of hydrogen-bond donors (Lipinski definition) is 0. The van der Waals surface area contributed by atoms with E-state index in [1.165, 1.54) is 25.9 Å². The van der Waals surface area contributed by atoms with E-state index in [4.69, 9.17) is 0 Å². The van der Waals surface area contributed by atoms with E-state index in [1.54, 1.807) is 25.1 Å². The summed E-state index contributed by atoms with van der Waals surface area (Å²) in [5, 5.41) is 0. The van der Waals surface area contributed by atoms with Gasteiger partial charge in [0.2, 0.25) is 0 Å². The number of rotatable bonds is 6. The van der Waals surface area contributed by atoms with Crippen LogP contribution >= 0.6 is 0 Å². The molecule has 0 aliphatic carbocycles. The van der Waals surface area contributed by atoms with Crippen molar-refractivity contribution in [3.63, 3.8) is 0 Å². The molecule has 1 atom stereocenters. The molecule has 1 aromatic heterocycles. The lowest BCUT2D eigenvalue weighted by molar-refractivity contribution is 0.0822. The Morgan fingerprint density at radius 3 is 2.59 bits per heavy atom. The number of carbonyl (C=O) groups is 1. The highest BCUT2D eigenvalue weighted by Gasteiger charge is 2.18. The molecular weight excluding hydrogens is 276 g/mol. The van der Waals surface area contributed by atoms with Gasteiger partial charge in [-0.15, -0.1) is 0 Å². The third-order valence-corrected chi connectivity index (χ3v) is 4.40. The van der Waals surface area contributed by atoms with Crippen molar-refractivity contribution in [2.24, 2.45) is 0 Å². The largest absolute Gasteiger partial charge is 0.360 e. The summed E-state index contributed by atoms with van der Waals surface area (Å²) in [5.41, 5.74) is 0.502. The van der Waals surface area contributed by atoms with Crippen molar-refractivity contribution in [2.45, 2.75) is 32.2 Å². The Balaban J connectivity index is 1.93. The summed E-state index contributed by atoms with van der Waals surface area (Å²) in [6, 6.07) is 6.25. The average Bonchev–Trinajstić information content (AvgIpc) is 3.06. The fourth-order valence-electron chi connectivity index (χ4n) is 2.84. The van der Waals surface area contributed by atoms with Crippen molar-refractivity contribution in [1.29, 1.82) is 0 Å². The zero-order valence-electron chi connectivity index (χ0n) is 14.2. The highest BCUT2D eigenvalue weighted by Crippen LogP contribution is 2.16. The molecule has 122 valence electrons. The number of hydrogen-bond acceptors (Lipinski definition) is 4. The Hall–Kier alpha value is -1.62. The molecule has 5 nitrogen and oxygen atoms in total. The summed E-state index contributed by atoms with van der Waals surface area (Å²) in [7, 11) is 5.54. The Morgan fingerprint density at radius 1 is 1.27 bits per heavy atom. The van der Waals surface area contributed by atoms with Gasteiger partial charge in [-0.25, -0.2) is 4.98 Å². The van der Waals surface area contributed by atoms with Gasteiger partial charge < -0.3 is 14.7 Å². The number of pyridine rings is 1. The quantitative estimate of drug-likeness (QED) is 0.807. The molecule has 0 bridgehead atoms. The van der Waals surface area contributed by atoms with E-state index in [0.717, 1.165) is 18.8 Å². The fourth-order valence-corrected chi connectivity index (χ4v) is 2.84. The van der Waals surface area contributed by atoms with Crippen LogP contribution in [0.15, 0.2) is 18.2 Å². The molecule has 1 aliphatic heterocycles. The van der Waals surface area contributed by atoms with Crippen molar-refractivity contribution in [1.82, 2.24) is 14.8 Å². The summed E-state index contributed by atoms with van der Waals surface area (Å²) < 4.78 is 0. The first-order valence-electron chi connectivity index (χ1n) is 8.13. The first kappa shape index (κ1) is 16.7. The van der Waals surface area contributed by atoms with Crippen molar-refractivity contribution in [2.75, 3.05) is 45.7 Å². The number of amides is 1. The molecule has 1 unspecified atom stereocenters. The maximum Gasteiger partial charge on any atom is 0.272 e. The van der Waals surface area contributed by atoms with Gasteiger partial charge in [0.1, 0.15) is 11.5 Å². The molecule has 1 saturated heterocycles. The van der Waals surface area contributed by atoms with Gasteiger partial charge in [0.25, 0.3) is 5.91 Å². The van der Waals surface area contributed by atoms with Crippen molar-refractivity contribution < 1.29 is 4.79 Å². The molecule has 1 aliphatic rings. The van der Waals surface area contributed by atoms with E-state index in [2.05, 4.69) is 21.7 Å². The van der Waals surface area contributed by atoms with Gasteiger partial charge in [0, 0.05) is 33.7 Å². The third-order valence-electron chi connectivity index (χ3n) is 4.40. The van der Waals surface area contributed by atoms with E-state index in [0.29, 0.717) is 11.7 Å². The molecule has 5 heteroatoms. The normalized spacial score (nSPS) is 16.5. The molecule has 0 spiro atoms. The second-order valence-corrected chi connectivity index (χ2v) is 6.38. The van der Waals surface area contributed by atoms with Crippen LogP contribution in [-0.2, 0) is 0 Å². The minimum Gasteiger partial charge on any atom is -0.360 e. The van der Waals surface area contributed by atoms with Crippen LogP contribution in [-0.4, -0.2) is 67.5 Å². The maximum atomic E-state index is 12.0. The van der Waals surface area contributed by atoms with Crippen LogP contribution in [0.25, 0.3) is 0 Å². The van der Waals surface area contributed by atoms with E-state index < -0.39 is 0 Å². The number of carbonyl (C=O) groups excluding carboxylic acids is 1. The Labute approximate surface area is 133 Å². The van der Waals surface area contributed by atoms with Gasteiger partial charge in [-0.3, -0.25) is 4.79 Å². The summed E-state index contributed by atoms with van der Waals surface area (Å²) in [5.74, 6) is 0.807. The number of likely N-dealkylation sites (tertiary alicyclic amines) is 1. The second-order valence-electron chi connectivity index (χ2n) is 6.38. The highest BCUT2D eigenvalue weighted by molar-refractivity contribution is 5.92. The van der Waals surface area contributed by atoms with Crippen molar-refractivity contribution in [3.8, 4) is 0 Å². The molecule has 1 amide bonds. The summed E-state index contributed by atoms with van der Waals surface area (Å²) >= 11 is 0. The minimum atomic E-state index is -0.0549. The van der Waals surface area contributed by atoms with Crippen LogP contribution < -0.4 is 4.90 Å². The number of aromatic nitrogens is 1. The molecule has 1 aromatic rings. The Kier molecular flexibility index (Phi) is 5.77. The number of nitrogens with zero attached hydrogens (tertiary/aromatic N) is 4. The summed E-state index contributed by atoms with van der Waals surface area (Å²) in [4.78, 5) is 22.7. The fraction of sp³-hybridized carbons (Fsp3) is 0.647. The van der Waals surface area contributed by atoms with E-state index >= 15 is 0 Å². The van der Waals surface area contributed by atoms with Crippen LogP contribution in [0.5, 0.6) is 0 Å². The molecule has 0 radical (unpaired) electrons. The van der Waals surface area contributed by atoms with Crippen LogP contribution in [0.2, 0.25) is 0 Å². The predicted molar refractivity (Wildman–Crippen MR) is 90.4 cm³/mol. The van der Waals surface area contributed by atoms with Gasteiger partial charge in [0.05, 0.1) is 0 Å². The lowest BCUT2D eigenvalue weighted by Gasteiger charge is -2.26. The van der Waals surface area contributed by atoms with Crippen LogP contribution in [0, 0.1) is 0 Å². The first-order chi connectivity index (χ1) is 10.5. The third kappa shape index (κ3) is 4.19. The standard InChI is InChI=1S/C17H28N4O/c1-14(21-11-5-6-12-21)10-13-20(4)16-9-7-8-15(18-16)17(22)19(2)3/h7-9,14H,5-6,10-13H2,1-4H3. The van der Waals surface area contributed by atoms with E-state index in [1.807, 2.05) is 19.2 Å². The zero-order chi connectivity index (χ0) is 16.1. The summed E-state index contributed by atoms with van der Waals surface area (Å²) in [6.45, 7) is 5.72. The molecule has 0 saturated carbocycles. The molecule has 0 N–H and O–H groups in total. The van der Waals surface area contributed by atoms with Crippen LogP contribution in [0.4, 0.5) is 5.82 Å². The molecule has 2 heterocycles. The lowest BCUT2D eigenvalue weighted by atomic mass is 10.2. The predicted octanol–water partition coefficient (Wildman–Crippen LogP) is 2.09. The minimum absolute atomic E-state index is 0.0549. The molecule has 2 rings (SSSR count). The zero-order valence-corrected chi connectivity index (χ0v) is 14.2. The average molecular weight is 304 g/mol. The first-order valence-corrected chi connectivity index (χ1v) is 8.13. The smallest absolute Gasteiger partial charge is 0.272 e. The highest BCUT2D eigenvalue weighted by atomic mass is 16.2. The molecule has 1 fully saturated rings. The number of anilines is 1. The molecule has 0 aromatic carbocycles. The Morgan fingerprint density at radius 2 is 1.95 bits per heavy atom. The Bertz CT molecular complexity index is 497. The van der Waals surface area contributed by atoms with Gasteiger partial charge in [-0.05, 0) is 51.4 Å². The van der Waals surface area contributed by atoms with Gasteiger partial charge in [-0.2, -0.15) is 0 Å². The second kappa shape index (κ2) is 7.58. The van der Waals surface area contributed by atoms with Crippen LogP contribution in [0.1, 0.15) is 36.7 Å². The lowest BCUT2D eigenvalue weighted by Crippen LogP contribution is -2.34. The van der Waals surface area contributed by atoms with Gasteiger partial charge in [-0.1, -0.05) is 6.07 Å². The topological polar surface area (TPSA) is 39.7 Å². The molecular formula is C17H28N4O. The van der Waals surface area contributed by atoms with Crippen molar-refractivity contribution in [3.05, 3.63) is 23.9 Å². The van der Waals surface area contributed by atoms with Gasteiger partial charge in [0.15, 0.2) is 0 Å². The monoisotopic (exact) mass is 304 g/mol. The van der Waals surface area contributed by atoms with E-state index in [9.17, 15) is 4.79 Å². The van der Waals surface area contributed by atoms with E-state index in [-0.39, 0.29) is 5.91 Å². The summed E-state index contributed by atoms with van der Waals surface area (Å²) in [6.07, 6.45) is 3.77. The van der Waals surface area contributed by atoms with Gasteiger partial charge >= 0.3 is 0 Å². The SMILES string of the molecule is CC(CCN(C)c1cccc(C(=O)N(C)C)n1)N1CCCC1. The van der Waals surface area contributed by atoms with Crippen molar-refractivity contribution >= 4 is 11.7 Å². The maximum absolute atomic E-state index is 12.0. The molecule has 22 heavy (non-hydrogen) atoms.